The van der Waals surface area contributed by atoms with E-state index in [1.54, 1.807) is 29.0 Å². The zero-order chi connectivity index (χ0) is 15.7. The van der Waals surface area contributed by atoms with Crippen molar-refractivity contribution in [2.75, 3.05) is 0 Å². The third-order valence-electron chi connectivity index (χ3n) is 2.98. The van der Waals surface area contributed by atoms with Crippen LogP contribution in [-0.2, 0) is 6.54 Å². The Morgan fingerprint density at radius 3 is 2.55 bits per heavy atom. The first-order chi connectivity index (χ1) is 10.4. The average Bonchev–Trinajstić information content (AvgIpc) is 2.76. The van der Waals surface area contributed by atoms with E-state index in [0.717, 1.165) is 5.56 Å². The lowest BCUT2D eigenvalue weighted by Crippen LogP contribution is -2.17. The maximum Gasteiger partial charge on any atom is 0.573 e. The minimum absolute atomic E-state index is 0.254. The first-order valence-corrected chi connectivity index (χ1v) is 6.72. The Hall–Kier alpha value is -2.22. The summed E-state index contributed by atoms with van der Waals surface area (Å²) in [5.41, 5.74) is 2.17. The molecule has 0 aliphatic heterocycles. The van der Waals surface area contributed by atoms with Crippen LogP contribution >= 0.6 is 12.6 Å². The fourth-order valence-corrected chi connectivity index (χ4v) is 2.34. The van der Waals surface area contributed by atoms with Crippen molar-refractivity contribution < 1.29 is 17.9 Å². The van der Waals surface area contributed by atoms with Crippen LogP contribution in [0.15, 0.2) is 47.8 Å². The fraction of sp³-hybridized carbons (Fsp3) is 0.143. The number of imidazole rings is 1. The Morgan fingerprint density at radius 2 is 1.86 bits per heavy atom. The lowest BCUT2D eigenvalue weighted by atomic mass is 10.2. The van der Waals surface area contributed by atoms with E-state index in [-0.39, 0.29) is 5.75 Å². The van der Waals surface area contributed by atoms with E-state index in [1.165, 1.54) is 12.1 Å². The second-order valence-corrected chi connectivity index (χ2v) is 4.94. The Kier molecular flexibility index (Phi) is 3.69. The first kappa shape index (κ1) is 14.7. The predicted octanol–water partition coefficient (Wildman–Crippen LogP) is 3.67. The average molecular weight is 325 g/mol. The van der Waals surface area contributed by atoms with Crippen LogP contribution in [0.5, 0.6) is 5.75 Å². The quantitative estimate of drug-likeness (QED) is 0.747. The Balaban J connectivity index is 1.85. The van der Waals surface area contributed by atoms with Gasteiger partial charge in [0.25, 0.3) is 0 Å². The van der Waals surface area contributed by atoms with Crippen LogP contribution in [0.4, 0.5) is 13.2 Å². The number of alkyl halides is 3. The molecule has 114 valence electrons. The van der Waals surface area contributed by atoms with Crippen molar-refractivity contribution in [1.29, 1.82) is 0 Å². The van der Waals surface area contributed by atoms with Crippen molar-refractivity contribution in [2.45, 2.75) is 18.1 Å². The van der Waals surface area contributed by atoms with Gasteiger partial charge in [0.05, 0.1) is 6.54 Å². The van der Waals surface area contributed by atoms with Crippen LogP contribution in [-0.4, -0.2) is 20.9 Å². The monoisotopic (exact) mass is 325 g/mol. The molecule has 8 heteroatoms. The van der Waals surface area contributed by atoms with Crippen LogP contribution in [0.25, 0.3) is 11.2 Å². The molecule has 0 radical (unpaired) electrons. The van der Waals surface area contributed by atoms with Gasteiger partial charge in [0.2, 0.25) is 0 Å². The topological polar surface area (TPSA) is 39.9 Å². The third-order valence-corrected chi connectivity index (χ3v) is 3.32. The van der Waals surface area contributed by atoms with Gasteiger partial charge in [-0.3, -0.25) is 4.57 Å². The van der Waals surface area contributed by atoms with Crippen molar-refractivity contribution in [2.24, 2.45) is 0 Å². The zero-order valence-corrected chi connectivity index (χ0v) is 12.0. The normalized spacial score (nSPS) is 11.8. The lowest BCUT2D eigenvalue weighted by Gasteiger charge is -2.10. The number of hydrogen-bond donors (Lipinski definition) is 1. The second kappa shape index (κ2) is 5.53. The van der Waals surface area contributed by atoms with Crippen molar-refractivity contribution in [3.63, 3.8) is 0 Å². The molecule has 0 saturated carbocycles. The van der Waals surface area contributed by atoms with Gasteiger partial charge in [-0.25, -0.2) is 9.97 Å². The summed E-state index contributed by atoms with van der Waals surface area (Å²) in [4.78, 5) is 8.51. The number of halogens is 3. The number of aromatic nitrogens is 3. The van der Waals surface area contributed by atoms with E-state index < -0.39 is 6.36 Å². The molecule has 3 rings (SSSR count). The maximum atomic E-state index is 12.1. The summed E-state index contributed by atoms with van der Waals surface area (Å²) in [6.45, 7) is 0.401. The molecule has 0 spiro atoms. The summed E-state index contributed by atoms with van der Waals surface area (Å²) in [5, 5.41) is 0.490. The number of fused-ring (bicyclic) bond motifs is 1. The molecule has 2 heterocycles. The van der Waals surface area contributed by atoms with E-state index >= 15 is 0 Å². The Bertz CT molecular complexity index is 799. The smallest absolute Gasteiger partial charge is 0.406 e. The minimum Gasteiger partial charge on any atom is -0.406 e. The Labute approximate surface area is 129 Å². The lowest BCUT2D eigenvalue weighted by molar-refractivity contribution is -0.274. The number of benzene rings is 1. The molecule has 0 unspecified atom stereocenters. The highest BCUT2D eigenvalue weighted by Crippen LogP contribution is 2.24. The van der Waals surface area contributed by atoms with Gasteiger partial charge in [-0.15, -0.1) is 25.8 Å². The number of nitrogens with zero attached hydrogens (tertiary/aromatic N) is 3. The predicted molar refractivity (Wildman–Crippen MR) is 77.0 cm³/mol. The summed E-state index contributed by atoms with van der Waals surface area (Å²) >= 11 is 4.30. The third kappa shape index (κ3) is 3.16. The molecular weight excluding hydrogens is 315 g/mol. The number of hydrogen-bond acceptors (Lipinski definition) is 4. The van der Waals surface area contributed by atoms with Gasteiger partial charge >= 0.3 is 6.36 Å². The van der Waals surface area contributed by atoms with Crippen LogP contribution < -0.4 is 4.74 Å². The molecule has 22 heavy (non-hydrogen) atoms. The molecule has 3 aromatic rings. The molecule has 0 aliphatic carbocycles. The number of pyridine rings is 1. The van der Waals surface area contributed by atoms with Crippen LogP contribution in [0.1, 0.15) is 5.56 Å². The van der Waals surface area contributed by atoms with Gasteiger partial charge in [0, 0.05) is 6.20 Å². The Morgan fingerprint density at radius 1 is 1.14 bits per heavy atom. The molecule has 0 saturated heterocycles. The number of ether oxygens (including phenoxy) is 1. The van der Waals surface area contributed by atoms with Gasteiger partial charge in [-0.1, -0.05) is 12.1 Å². The summed E-state index contributed by atoms with van der Waals surface area (Å²) in [6.07, 6.45) is -3.04. The largest absolute Gasteiger partial charge is 0.573 e. The van der Waals surface area contributed by atoms with Crippen molar-refractivity contribution >= 4 is 23.8 Å². The summed E-state index contributed by atoms with van der Waals surface area (Å²) < 4.78 is 42.0. The summed E-state index contributed by atoms with van der Waals surface area (Å²) in [7, 11) is 0. The molecule has 0 N–H and O–H groups in total. The van der Waals surface area contributed by atoms with E-state index in [1.807, 2.05) is 6.07 Å². The molecule has 0 aliphatic rings. The van der Waals surface area contributed by atoms with E-state index in [2.05, 4.69) is 27.3 Å². The zero-order valence-electron chi connectivity index (χ0n) is 11.1. The highest BCUT2D eigenvalue weighted by molar-refractivity contribution is 7.80. The first-order valence-electron chi connectivity index (χ1n) is 6.27. The van der Waals surface area contributed by atoms with Gasteiger partial charge in [-0.05, 0) is 29.8 Å². The molecule has 0 fully saturated rings. The van der Waals surface area contributed by atoms with Gasteiger partial charge < -0.3 is 4.74 Å². The van der Waals surface area contributed by atoms with Gasteiger partial charge in [0.1, 0.15) is 11.3 Å². The number of rotatable bonds is 3. The highest BCUT2D eigenvalue weighted by atomic mass is 32.1. The van der Waals surface area contributed by atoms with Crippen LogP contribution in [0.3, 0.4) is 0 Å². The van der Waals surface area contributed by atoms with Crippen molar-refractivity contribution in [3.8, 4) is 5.75 Å². The molecule has 0 amide bonds. The molecule has 0 bridgehead atoms. The number of thiol groups is 1. The van der Waals surface area contributed by atoms with E-state index in [4.69, 9.17) is 0 Å². The fourth-order valence-electron chi connectivity index (χ4n) is 2.07. The highest BCUT2D eigenvalue weighted by Gasteiger charge is 2.30. The molecule has 2 aromatic heterocycles. The molecule has 1 aromatic carbocycles. The van der Waals surface area contributed by atoms with E-state index in [0.29, 0.717) is 22.9 Å². The van der Waals surface area contributed by atoms with Gasteiger partial charge in [-0.2, -0.15) is 0 Å². The molecule has 0 atom stereocenters. The van der Waals surface area contributed by atoms with Crippen molar-refractivity contribution in [3.05, 3.63) is 48.2 Å². The van der Waals surface area contributed by atoms with Crippen molar-refractivity contribution in [1.82, 2.24) is 14.5 Å². The van der Waals surface area contributed by atoms with Crippen LogP contribution in [0.2, 0.25) is 0 Å². The maximum absolute atomic E-state index is 12.1. The molecule has 4 nitrogen and oxygen atoms in total. The van der Waals surface area contributed by atoms with E-state index in [9.17, 15) is 13.2 Å². The van der Waals surface area contributed by atoms with Crippen LogP contribution in [0, 0.1) is 0 Å². The SMILES string of the molecule is FC(F)(F)Oc1ccc(Cn2c(S)nc3cccnc32)cc1. The summed E-state index contributed by atoms with van der Waals surface area (Å²) in [6, 6.07) is 9.25. The second-order valence-electron chi connectivity index (χ2n) is 4.54. The standard InChI is InChI=1S/C14H10F3N3OS/c15-14(16,17)21-10-5-3-9(4-6-10)8-20-12-11(19-13(20)22)2-1-7-18-12/h1-7H,8H2,(H,19,22). The molecular formula is C14H10F3N3OS. The minimum atomic E-state index is -4.69. The summed E-state index contributed by atoms with van der Waals surface area (Å²) in [5.74, 6) is -0.254. The van der Waals surface area contributed by atoms with Gasteiger partial charge in [0.15, 0.2) is 10.8 Å².